The zero-order valence-electron chi connectivity index (χ0n) is 11.0. The molecule has 20 heavy (non-hydrogen) atoms. The Labute approximate surface area is 120 Å². The third kappa shape index (κ3) is 2.70. The molecule has 5 heteroatoms. The van der Waals surface area contributed by atoms with Gasteiger partial charge in [-0.25, -0.2) is 8.78 Å². The first-order valence-electron chi connectivity index (χ1n) is 5.88. The Morgan fingerprint density at radius 2 is 1.60 bits per heavy atom. The Hall–Kier alpha value is -1.81. The SMILES string of the molecule is COc1cccc(OC)c1C(Cl)c1ccc(F)cc1F. The quantitative estimate of drug-likeness (QED) is 0.783. The Kier molecular flexibility index (Phi) is 4.45. The number of methoxy groups -OCH3 is 2. The van der Waals surface area contributed by atoms with E-state index in [1.165, 1.54) is 20.3 Å². The van der Waals surface area contributed by atoms with Crippen molar-refractivity contribution in [2.75, 3.05) is 14.2 Å². The standard InChI is InChI=1S/C15H13ClF2O2/c1-19-12-4-3-5-13(20-2)14(12)15(16)10-7-6-9(17)8-11(10)18/h3-8,15H,1-2H3. The molecule has 1 unspecified atom stereocenters. The normalized spacial score (nSPS) is 12.1. The number of halogens is 3. The molecule has 0 radical (unpaired) electrons. The second-order valence-electron chi connectivity index (χ2n) is 4.10. The van der Waals surface area contributed by atoms with Gasteiger partial charge in [-0.2, -0.15) is 0 Å². The lowest BCUT2D eigenvalue weighted by molar-refractivity contribution is 0.386. The molecule has 0 spiro atoms. The highest BCUT2D eigenvalue weighted by Gasteiger charge is 2.23. The molecular weight excluding hydrogens is 286 g/mol. The first-order chi connectivity index (χ1) is 9.58. The van der Waals surface area contributed by atoms with Crippen LogP contribution in [0.2, 0.25) is 0 Å². The Morgan fingerprint density at radius 3 is 2.10 bits per heavy atom. The van der Waals surface area contributed by atoms with E-state index in [9.17, 15) is 8.78 Å². The van der Waals surface area contributed by atoms with Crippen LogP contribution >= 0.6 is 11.6 Å². The summed E-state index contributed by atoms with van der Waals surface area (Å²) in [6, 6.07) is 8.42. The smallest absolute Gasteiger partial charge is 0.131 e. The third-order valence-electron chi connectivity index (χ3n) is 2.95. The molecule has 106 valence electrons. The highest BCUT2D eigenvalue weighted by Crippen LogP contribution is 2.41. The predicted molar refractivity (Wildman–Crippen MR) is 73.6 cm³/mol. The van der Waals surface area contributed by atoms with Crippen molar-refractivity contribution in [3.63, 3.8) is 0 Å². The van der Waals surface area contributed by atoms with Crippen LogP contribution in [-0.4, -0.2) is 14.2 Å². The summed E-state index contributed by atoms with van der Waals surface area (Å²) >= 11 is 6.33. The van der Waals surface area contributed by atoms with Gasteiger partial charge in [0.05, 0.1) is 25.2 Å². The molecule has 1 atom stereocenters. The Balaban J connectivity index is 2.55. The molecule has 0 aromatic heterocycles. The number of benzene rings is 2. The van der Waals surface area contributed by atoms with Crippen molar-refractivity contribution < 1.29 is 18.3 Å². The van der Waals surface area contributed by atoms with Gasteiger partial charge in [0.2, 0.25) is 0 Å². The fourth-order valence-corrected chi connectivity index (χ4v) is 2.38. The summed E-state index contributed by atoms with van der Waals surface area (Å²) in [5.41, 5.74) is 0.667. The Bertz CT molecular complexity index is 595. The van der Waals surface area contributed by atoms with Crippen LogP contribution in [0.4, 0.5) is 8.78 Å². The van der Waals surface area contributed by atoms with E-state index in [1.807, 2.05) is 0 Å². The van der Waals surface area contributed by atoms with Crippen LogP contribution < -0.4 is 9.47 Å². The Morgan fingerprint density at radius 1 is 1.00 bits per heavy atom. The van der Waals surface area contributed by atoms with Crippen LogP contribution in [-0.2, 0) is 0 Å². The molecule has 0 N–H and O–H groups in total. The minimum absolute atomic E-state index is 0.163. The van der Waals surface area contributed by atoms with E-state index in [4.69, 9.17) is 21.1 Å². The van der Waals surface area contributed by atoms with Crippen molar-refractivity contribution in [1.29, 1.82) is 0 Å². The molecule has 2 nitrogen and oxygen atoms in total. The minimum Gasteiger partial charge on any atom is -0.496 e. The van der Waals surface area contributed by atoms with Crippen molar-refractivity contribution in [2.24, 2.45) is 0 Å². The largest absolute Gasteiger partial charge is 0.496 e. The van der Waals surface area contributed by atoms with Gasteiger partial charge < -0.3 is 9.47 Å². The molecule has 0 heterocycles. The molecule has 2 aromatic carbocycles. The molecule has 0 saturated carbocycles. The summed E-state index contributed by atoms with van der Waals surface area (Å²) in [7, 11) is 2.98. The van der Waals surface area contributed by atoms with E-state index in [0.717, 1.165) is 12.1 Å². The molecule has 0 bridgehead atoms. The van der Waals surface area contributed by atoms with E-state index in [2.05, 4.69) is 0 Å². The van der Waals surface area contributed by atoms with Gasteiger partial charge in [0.25, 0.3) is 0 Å². The van der Waals surface area contributed by atoms with Crippen molar-refractivity contribution in [1.82, 2.24) is 0 Å². The van der Waals surface area contributed by atoms with Gasteiger partial charge in [-0.3, -0.25) is 0 Å². The number of hydrogen-bond acceptors (Lipinski definition) is 2. The fourth-order valence-electron chi connectivity index (χ4n) is 1.99. The molecule has 0 saturated heterocycles. The lowest BCUT2D eigenvalue weighted by atomic mass is 10.0. The second kappa shape index (κ2) is 6.09. The van der Waals surface area contributed by atoms with Crippen LogP contribution in [0.5, 0.6) is 11.5 Å². The second-order valence-corrected chi connectivity index (χ2v) is 4.54. The highest BCUT2D eigenvalue weighted by molar-refractivity contribution is 6.23. The van der Waals surface area contributed by atoms with Crippen LogP contribution in [0.25, 0.3) is 0 Å². The van der Waals surface area contributed by atoms with Gasteiger partial charge in [-0.05, 0) is 18.2 Å². The van der Waals surface area contributed by atoms with E-state index in [0.29, 0.717) is 17.1 Å². The monoisotopic (exact) mass is 298 g/mol. The minimum atomic E-state index is -0.846. The van der Waals surface area contributed by atoms with Gasteiger partial charge in [0.1, 0.15) is 23.1 Å². The molecule has 0 aliphatic carbocycles. The number of ether oxygens (including phenoxy) is 2. The third-order valence-corrected chi connectivity index (χ3v) is 3.41. The summed E-state index contributed by atoms with van der Waals surface area (Å²) < 4.78 is 37.3. The number of hydrogen-bond donors (Lipinski definition) is 0. The van der Waals surface area contributed by atoms with Gasteiger partial charge >= 0.3 is 0 Å². The highest BCUT2D eigenvalue weighted by atomic mass is 35.5. The zero-order chi connectivity index (χ0) is 14.7. The summed E-state index contributed by atoms with van der Waals surface area (Å²) in [6.07, 6.45) is 0. The average Bonchev–Trinajstić information content (AvgIpc) is 2.45. The van der Waals surface area contributed by atoms with Gasteiger partial charge in [0.15, 0.2) is 0 Å². The predicted octanol–water partition coefficient (Wildman–Crippen LogP) is 4.31. The van der Waals surface area contributed by atoms with Gasteiger partial charge in [-0.1, -0.05) is 12.1 Å². The van der Waals surface area contributed by atoms with E-state index < -0.39 is 17.0 Å². The maximum Gasteiger partial charge on any atom is 0.131 e. The van der Waals surface area contributed by atoms with Crippen LogP contribution in [0.15, 0.2) is 36.4 Å². The fraction of sp³-hybridized carbons (Fsp3) is 0.200. The first kappa shape index (κ1) is 14.6. The van der Waals surface area contributed by atoms with Crippen LogP contribution in [0.1, 0.15) is 16.5 Å². The zero-order valence-corrected chi connectivity index (χ0v) is 11.7. The van der Waals surface area contributed by atoms with E-state index in [1.54, 1.807) is 18.2 Å². The van der Waals surface area contributed by atoms with E-state index in [-0.39, 0.29) is 5.56 Å². The maximum absolute atomic E-state index is 13.9. The first-order valence-corrected chi connectivity index (χ1v) is 6.32. The summed E-state index contributed by atoms with van der Waals surface area (Å²) in [6.45, 7) is 0. The lowest BCUT2D eigenvalue weighted by Gasteiger charge is -2.18. The van der Waals surface area contributed by atoms with Crippen molar-refractivity contribution in [3.8, 4) is 11.5 Å². The van der Waals surface area contributed by atoms with Crippen molar-refractivity contribution >= 4 is 11.6 Å². The number of alkyl halides is 1. The van der Waals surface area contributed by atoms with Crippen LogP contribution in [0.3, 0.4) is 0 Å². The molecule has 0 amide bonds. The molecule has 0 aliphatic heterocycles. The summed E-state index contributed by atoms with van der Waals surface area (Å²) in [4.78, 5) is 0. The molecule has 2 rings (SSSR count). The molecule has 0 aliphatic rings. The van der Waals surface area contributed by atoms with Crippen molar-refractivity contribution in [3.05, 3.63) is 59.2 Å². The van der Waals surface area contributed by atoms with Gasteiger partial charge in [0, 0.05) is 11.6 Å². The van der Waals surface area contributed by atoms with E-state index >= 15 is 0 Å². The molecule has 0 fully saturated rings. The maximum atomic E-state index is 13.9. The number of rotatable bonds is 4. The summed E-state index contributed by atoms with van der Waals surface area (Å²) in [5.74, 6) is -0.402. The average molecular weight is 299 g/mol. The lowest BCUT2D eigenvalue weighted by Crippen LogP contribution is -2.03. The molecular formula is C15H13ClF2O2. The van der Waals surface area contributed by atoms with Crippen molar-refractivity contribution in [2.45, 2.75) is 5.38 Å². The molecule has 2 aromatic rings. The summed E-state index contributed by atoms with van der Waals surface area (Å²) in [5, 5.41) is -0.846. The van der Waals surface area contributed by atoms with Gasteiger partial charge in [-0.15, -0.1) is 11.6 Å². The van der Waals surface area contributed by atoms with Crippen LogP contribution in [0, 0.1) is 11.6 Å². The topological polar surface area (TPSA) is 18.5 Å².